The zero-order valence-electron chi connectivity index (χ0n) is 13.2. The number of aromatic nitrogens is 3. The molecule has 0 spiro atoms. The number of furan rings is 1. The number of nitrogens with zero attached hydrogens (tertiary/aromatic N) is 4. The second-order valence-corrected chi connectivity index (χ2v) is 5.98. The maximum absolute atomic E-state index is 12.5. The van der Waals surface area contributed by atoms with E-state index in [0.29, 0.717) is 46.4 Å². The van der Waals surface area contributed by atoms with E-state index in [2.05, 4.69) is 26.0 Å². The first kappa shape index (κ1) is 16.5. The molecular weight excluding hydrogens is 378 g/mol. The van der Waals surface area contributed by atoms with Crippen LogP contribution in [0.4, 0.5) is 5.82 Å². The lowest BCUT2D eigenvalue weighted by Gasteiger charge is -2.16. The normalized spacial score (nSPS) is 11.1. The van der Waals surface area contributed by atoms with Crippen LogP contribution in [0.2, 0.25) is 0 Å². The summed E-state index contributed by atoms with van der Waals surface area (Å²) in [5.41, 5.74) is 6.93. The first-order valence-electron chi connectivity index (χ1n) is 7.16. The average molecular weight is 394 g/mol. The van der Waals surface area contributed by atoms with Crippen LogP contribution in [0.15, 0.2) is 33.4 Å². The summed E-state index contributed by atoms with van der Waals surface area (Å²) in [4.78, 5) is 18.4. The Morgan fingerprint density at radius 3 is 2.92 bits per heavy atom. The fraction of sp³-hybridized carbons (Fsp3) is 0.267. The first-order chi connectivity index (χ1) is 11.5. The highest BCUT2D eigenvalue weighted by atomic mass is 79.9. The van der Waals surface area contributed by atoms with Crippen LogP contribution in [-0.4, -0.2) is 52.7 Å². The van der Waals surface area contributed by atoms with Crippen LogP contribution in [0.1, 0.15) is 10.4 Å². The molecule has 0 aliphatic heterocycles. The molecule has 3 heterocycles. The lowest BCUT2D eigenvalue weighted by Crippen LogP contribution is -2.30. The summed E-state index contributed by atoms with van der Waals surface area (Å²) in [6.45, 7) is 0.946. The van der Waals surface area contributed by atoms with Crippen molar-refractivity contribution in [2.24, 2.45) is 0 Å². The quantitative estimate of drug-likeness (QED) is 0.711. The monoisotopic (exact) mass is 393 g/mol. The molecule has 0 saturated carbocycles. The van der Waals surface area contributed by atoms with Crippen LogP contribution < -0.4 is 5.73 Å². The van der Waals surface area contributed by atoms with Gasteiger partial charge in [-0.25, -0.2) is 4.98 Å². The third-order valence-electron chi connectivity index (χ3n) is 3.48. The summed E-state index contributed by atoms with van der Waals surface area (Å²) in [6.07, 6.45) is 0. The number of methoxy groups -OCH3 is 1. The van der Waals surface area contributed by atoms with Crippen LogP contribution >= 0.6 is 15.9 Å². The predicted molar refractivity (Wildman–Crippen MR) is 91.6 cm³/mol. The Hall–Kier alpha value is -2.39. The molecule has 8 nitrogen and oxygen atoms in total. The fourth-order valence-corrected chi connectivity index (χ4v) is 2.53. The first-order valence-corrected chi connectivity index (χ1v) is 7.95. The number of likely N-dealkylation sites (N-methyl/N-ethyl adjacent to an activating group) is 1. The number of rotatable bonds is 5. The second kappa shape index (κ2) is 6.62. The van der Waals surface area contributed by atoms with Gasteiger partial charge in [0, 0.05) is 26.3 Å². The maximum atomic E-state index is 12.5. The van der Waals surface area contributed by atoms with Crippen LogP contribution in [0.25, 0.3) is 17.2 Å². The standard InChI is InChI=1S/C15H16BrN5O3/c1-20(5-6-23-2)15(22)9-7-12(17)21-13(8-9)18-14(19-21)10-3-4-11(16)24-10/h3-4,7-8H,5-6,17H2,1-2H3. The molecular formula is C15H16BrN5O3. The largest absolute Gasteiger partial charge is 0.446 e. The van der Waals surface area contributed by atoms with Crippen LogP contribution in [0.5, 0.6) is 0 Å². The lowest BCUT2D eigenvalue weighted by molar-refractivity contribution is 0.0744. The highest BCUT2D eigenvalue weighted by molar-refractivity contribution is 9.10. The molecule has 3 aromatic heterocycles. The minimum absolute atomic E-state index is 0.161. The van der Waals surface area contributed by atoms with E-state index < -0.39 is 0 Å². The third kappa shape index (κ3) is 3.13. The summed E-state index contributed by atoms with van der Waals surface area (Å²) in [6, 6.07) is 6.73. The molecule has 0 radical (unpaired) electrons. The Kier molecular flexibility index (Phi) is 4.54. The SMILES string of the molecule is COCCN(C)C(=O)c1cc(N)n2nc(-c3ccc(Br)o3)nc2c1. The number of hydrogen-bond donors (Lipinski definition) is 1. The highest BCUT2D eigenvalue weighted by Crippen LogP contribution is 2.24. The summed E-state index contributed by atoms with van der Waals surface area (Å²) < 4.78 is 12.5. The van der Waals surface area contributed by atoms with Crippen molar-refractivity contribution in [2.75, 3.05) is 33.0 Å². The van der Waals surface area contributed by atoms with Gasteiger partial charge in [0.15, 0.2) is 16.1 Å². The van der Waals surface area contributed by atoms with Crippen molar-refractivity contribution in [1.29, 1.82) is 0 Å². The fourth-order valence-electron chi connectivity index (χ4n) is 2.22. The molecule has 126 valence electrons. The van der Waals surface area contributed by atoms with Gasteiger partial charge in [0.1, 0.15) is 5.82 Å². The summed E-state index contributed by atoms with van der Waals surface area (Å²) in [7, 11) is 3.30. The lowest BCUT2D eigenvalue weighted by atomic mass is 10.2. The number of halogens is 1. The van der Waals surface area contributed by atoms with Crippen molar-refractivity contribution in [3.8, 4) is 11.6 Å². The number of fused-ring (bicyclic) bond motifs is 1. The van der Waals surface area contributed by atoms with Gasteiger partial charge in [-0.15, -0.1) is 5.10 Å². The Balaban J connectivity index is 1.96. The van der Waals surface area contributed by atoms with E-state index in [0.717, 1.165) is 0 Å². The average Bonchev–Trinajstić information content (AvgIpc) is 3.18. The van der Waals surface area contributed by atoms with Gasteiger partial charge in [-0.1, -0.05) is 0 Å². The van der Waals surface area contributed by atoms with E-state index in [1.54, 1.807) is 43.3 Å². The van der Waals surface area contributed by atoms with Crippen LogP contribution in [-0.2, 0) is 4.74 Å². The minimum Gasteiger partial charge on any atom is -0.446 e. The predicted octanol–water partition coefficient (Wildman–Crippen LogP) is 2.05. The molecule has 0 fully saturated rings. The zero-order chi connectivity index (χ0) is 17.3. The Morgan fingerprint density at radius 2 is 2.25 bits per heavy atom. The van der Waals surface area contributed by atoms with Gasteiger partial charge in [-0.2, -0.15) is 4.52 Å². The van der Waals surface area contributed by atoms with Gasteiger partial charge in [0.25, 0.3) is 5.91 Å². The number of anilines is 1. The van der Waals surface area contributed by atoms with E-state index >= 15 is 0 Å². The summed E-state index contributed by atoms with van der Waals surface area (Å²) >= 11 is 3.24. The Labute approximate surface area is 146 Å². The number of ether oxygens (including phenoxy) is 1. The van der Waals surface area contributed by atoms with Gasteiger partial charge in [-0.3, -0.25) is 4.79 Å². The van der Waals surface area contributed by atoms with Crippen LogP contribution in [0.3, 0.4) is 0 Å². The molecule has 0 unspecified atom stereocenters. The number of amides is 1. The van der Waals surface area contributed by atoms with Crippen LogP contribution in [0, 0.1) is 0 Å². The Morgan fingerprint density at radius 1 is 1.46 bits per heavy atom. The third-order valence-corrected chi connectivity index (χ3v) is 3.91. The van der Waals surface area contributed by atoms with E-state index in [1.807, 2.05) is 0 Å². The van der Waals surface area contributed by atoms with E-state index in [9.17, 15) is 4.79 Å². The molecule has 3 rings (SSSR count). The van der Waals surface area contributed by atoms with Gasteiger partial charge >= 0.3 is 0 Å². The molecule has 2 N–H and O–H groups in total. The van der Waals surface area contributed by atoms with Crippen molar-refractivity contribution >= 4 is 33.3 Å². The Bertz CT molecular complexity index is 888. The molecule has 0 bridgehead atoms. The summed E-state index contributed by atoms with van der Waals surface area (Å²) in [5.74, 6) is 1.06. The number of hydrogen-bond acceptors (Lipinski definition) is 6. The molecule has 0 aromatic carbocycles. The molecule has 3 aromatic rings. The molecule has 0 aliphatic rings. The van der Waals surface area contributed by atoms with E-state index in [1.165, 1.54) is 4.52 Å². The molecule has 9 heteroatoms. The van der Waals surface area contributed by atoms with Gasteiger partial charge in [0.05, 0.1) is 6.61 Å². The van der Waals surface area contributed by atoms with Crippen molar-refractivity contribution < 1.29 is 13.9 Å². The second-order valence-electron chi connectivity index (χ2n) is 5.20. The van der Waals surface area contributed by atoms with Crippen molar-refractivity contribution in [3.05, 3.63) is 34.5 Å². The van der Waals surface area contributed by atoms with Gasteiger partial charge in [0.2, 0.25) is 5.82 Å². The smallest absolute Gasteiger partial charge is 0.253 e. The molecule has 1 amide bonds. The maximum Gasteiger partial charge on any atom is 0.253 e. The highest BCUT2D eigenvalue weighted by Gasteiger charge is 2.17. The van der Waals surface area contributed by atoms with Crippen molar-refractivity contribution in [2.45, 2.75) is 0 Å². The topological polar surface area (TPSA) is 98.9 Å². The minimum atomic E-state index is -0.161. The van der Waals surface area contributed by atoms with E-state index in [4.69, 9.17) is 14.9 Å². The summed E-state index contributed by atoms with van der Waals surface area (Å²) in [5, 5.41) is 4.31. The molecule has 0 atom stereocenters. The number of carbonyl (C=O) groups excluding carboxylic acids is 1. The van der Waals surface area contributed by atoms with Gasteiger partial charge < -0.3 is 19.8 Å². The molecule has 0 aliphatic carbocycles. The number of nitrogen functional groups attached to an aromatic ring is 1. The van der Waals surface area contributed by atoms with Crippen molar-refractivity contribution in [3.63, 3.8) is 0 Å². The van der Waals surface area contributed by atoms with Crippen molar-refractivity contribution in [1.82, 2.24) is 19.5 Å². The molecule has 24 heavy (non-hydrogen) atoms. The van der Waals surface area contributed by atoms with Gasteiger partial charge in [-0.05, 0) is 40.2 Å². The number of nitrogens with two attached hydrogens (primary N) is 1. The number of pyridine rings is 1. The molecule has 0 saturated heterocycles. The zero-order valence-corrected chi connectivity index (χ0v) is 14.8. The van der Waals surface area contributed by atoms with E-state index in [-0.39, 0.29) is 5.91 Å². The number of carbonyl (C=O) groups is 1.